The maximum absolute atomic E-state index is 12.3. The third-order valence-corrected chi connectivity index (χ3v) is 4.58. The van der Waals surface area contributed by atoms with Gasteiger partial charge in [0.15, 0.2) is 0 Å². The number of anilines is 1. The van der Waals surface area contributed by atoms with Crippen LogP contribution in [0.15, 0.2) is 30.3 Å². The Bertz CT molecular complexity index is 719. The van der Waals surface area contributed by atoms with E-state index in [2.05, 4.69) is 15.5 Å². The molecule has 24 heavy (non-hydrogen) atoms. The minimum atomic E-state index is -0.365. The number of hydrogen-bond donors (Lipinski definition) is 1. The van der Waals surface area contributed by atoms with Crippen LogP contribution in [0.4, 0.5) is 5.13 Å². The van der Waals surface area contributed by atoms with E-state index in [-0.39, 0.29) is 24.2 Å². The smallest absolute Gasteiger partial charge is 0.231 e. The molecule has 2 heterocycles. The van der Waals surface area contributed by atoms with Crippen molar-refractivity contribution in [1.29, 1.82) is 0 Å². The molecule has 0 aliphatic carbocycles. The van der Waals surface area contributed by atoms with Gasteiger partial charge in [0.05, 0.1) is 5.92 Å². The van der Waals surface area contributed by atoms with Crippen LogP contribution in [-0.4, -0.2) is 40.6 Å². The largest absolute Gasteiger partial charge is 0.377 e. The number of hydrogen-bond acceptors (Lipinski definition) is 6. The topological polar surface area (TPSA) is 84.4 Å². The summed E-state index contributed by atoms with van der Waals surface area (Å²) in [6.45, 7) is 1.31. The lowest BCUT2D eigenvalue weighted by Gasteiger charge is -2.16. The molecule has 2 aromatic rings. The highest BCUT2D eigenvalue weighted by Gasteiger charge is 2.34. The number of carbonyl (C=O) groups is 2. The predicted octanol–water partition coefficient (Wildman–Crippen LogP) is 1.67. The van der Waals surface area contributed by atoms with E-state index < -0.39 is 0 Å². The normalized spacial score (nSPS) is 17.3. The molecule has 0 saturated carbocycles. The number of nitrogens with one attached hydrogen (secondary N) is 1. The van der Waals surface area contributed by atoms with Crippen molar-refractivity contribution in [3.63, 3.8) is 0 Å². The SMILES string of the molecule is COCc1nnc(NC(=O)[C@@H]2CC(=O)N(Cc3ccccc3)C2)s1. The Labute approximate surface area is 143 Å². The van der Waals surface area contributed by atoms with Crippen LogP contribution in [0.1, 0.15) is 17.0 Å². The molecule has 2 amide bonds. The van der Waals surface area contributed by atoms with Gasteiger partial charge in [-0.3, -0.25) is 9.59 Å². The molecule has 8 heteroatoms. The fourth-order valence-corrected chi connectivity index (χ4v) is 3.31. The number of ether oxygens (including phenoxy) is 1. The zero-order valence-electron chi connectivity index (χ0n) is 13.3. The predicted molar refractivity (Wildman–Crippen MR) is 89.2 cm³/mol. The minimum absolute atomic E-state index is 0.00339. The molecule has 1 N–H and O–H groups in total. The second-order valence-corrected chi connectivity index (χ2v) is 6.65. The van der Waals surface area contributed by atoms with E-state index in [0.29, 0.717) is 29.8 Å². The summed E-state index contributed by atoms with van der Waals surface area (Å²) in [6, 6.07) is 9.75. The number of methoxy groups -OCH3 is 1. The van der Waals surface area contributed by atoms with Crippen LogP contribution in [0.2, 0.25) is 0 Å². The number of nitrogens with zero attached hydrogens (tertiary/aromatic N) is 3. The molecule has 1 saturated heterocycles. The van der Waals surface area contributed by atoms with Crippen molar-refractivity contribution < 1.29 is 14.3 Å². The first-order chi connectivity index (χ1) is 11.7. The van der Waals surface area contributed by atoms with Gasteiger partial charge in [0.25, 0.3) is 0 Å². The quantitative estimate of drug-likeness (QED) is 0.860. The number of likely N-dealkylation sites (tertiary alicyclic amines) is 1. The average Bonchev–Trinajstić information content (AvgIpc) is 3.16. The molecule has 1 aliphatic rings. The van der Waals surface area contributed by atoms with E-state index in [0.717, 1.165) is 5.56 Å². The molecular weight excluding hydrogens is 328 g/mol. The Kier molecular flexibility index (Phi) is 5.17. The zero-order chi connectivity index (χ0) is 16.9. The molecule has 1 aliphatic heterocycles. The highest BCUT2D eigenvalue weighted by molar-refractivity contribution is 7.15. The molecule has 126 valence electrons. The molecule has 0 spiro atoms. The van der Waals surface area contributed by atoms with E-state index >= 15 is 0 Å². The zero-order valence-corrected chi connectivity index (χ0v) is 14.1. The highest BCUT2D eigenvalue weighted by Crippen LogP contribution is 2.23. The Hall–Kier alpha value is -2.32. The van der Waals surface area contributed by atoms with E-state index in [1.807, 2.05) is 30.3 Å². The average molecular weight is 346 g/mol. The molecule has 1 atom stereocenters. The molecule has 1 aromatic heterocycles. The van der Waals surface area contributed by atoms with E-state index in [1.54, 1.807) is 12.0 Å². The van der Waals surface area contributed by atoms with Crippen LogP contribution in [-0.2, 0) is 27.5 Å². The van der Waals surface area contributed by atoms with Gasteiger partial charge in [-0.15, -0.1) is 10.2 Å². The highest BCUT2D eigenvalue weighted by atomic mass is 32.1. The minimum Gasteiger partial charge on any atom is -0.377 e. The van der Waals surface area contributed by atoms with Gasteiger partial charge in [-0.25, -0.2) is 0 Å². The monoisotopic (exact) mass is 346 g/mol. The first-order valence-corrected chi connectivity index (χ1v) is 8.41. The molecule has 7 nitrogen and oxygen atoms in total. The number of aromatic nitrogens is 2. The number of carbonyl (C=O) groups excluding carboxylic acids is 2. The van der Waals surface area contributed by atoms with Gasteiger partial charge in [-0.05, 0) is 5.56 Å². The fraction of sp³-hybridized carbons (Fsp3) is 0.375. The fourth-order valence-electron chi connectivity index (χ4n) is 2.60. The summed E-state index contributed by atoms with van der Waals surface area (Å²) in [5.74, 6) is -0.564. The lowest BCUT2D eigenvalue weighted by atomic mass is 10.1. The van der Waals surface area contributed by atoms with E-state index in [1.165, 1.54) is 11.3 Å². The number of rotatable bonds is 6. The summed E-state index contributed by atoms with van der Waals surface area (Å²) in [6.07, 6.45) is 0.225. The molecule has 3 rings (SSSR count). The van der Waals surface area contributed by atoms with Gasteiger partial charge in [-0.1, -0.05) is 41.7 Å². The van der Waals surface area contributed by atoms with Crippen LogP contribution in [0, 0.1) is 5.92 Å². The number of benzene rings is 1. The van der Waals surface area contributed by atoms with Crippen molar-refractivity contribution in [3.05, 3.63) is 40.9 Å². The van der Waals surface area contributed by atoms with Gasteiger partial charge < -0.3 is 15.0 Å². The number of amides is 2. The van der Waals surface area contributed by atoms with Crippen molar-refractivity contribution in [2.24, 2.45) is 5.92 Å². The molecule has 1 fully saturated rings. The van der Waals surface area contributed by atoms with Crippen LogP contribution < -0.4 is 5.32 Å². The third kappa shape index (κ3) is 3.95. The maximum Gasteiger partial charge on any atom is 0.231 e. The first kappa shape index (κ1) is 16.5. The second kappa shape index (κ2) is 7.50. The van der Waals surface area contributed by atoms with Crippen molar-refractivity contribution in [3.8, 4) is 0 Å². The van der Waals surface area contributed by atoms with Crippen LogP contribution in [0.5, 0.6) is 0 Å². The summed E-state index contributed by atoms with van der Waals surface area (Å²) in [7, 11) is 1.57. The maximum atomic E-state index is 12.3. The van der Waals surface area contributed by atoms with E-state index in [4.69, 9.17) is 4.74 Å². The lowest BCUT2D eigenvalue weighted by Crippen LogP contribution is -2.28. The molecule has 0 radical (unpaired) electrons. The van der Waals surface area contributed by atoms with Gasteiger partial charge >= 0.3 is 0 Å². The molecule has 1 aromatic carbocycles. The van der Waals surface area contributed by atoms with Crippen LogP contribution in [0.25, 0.3) is 0 Å². The lowest BCUT2D eigenvalue weighted by molar-refractivity contribution is -0.128. The summed E-state index contributed by atoms with van der Waals surface area (Å²) in [5, 5.41) is 11.7. The summed E-state index contributed by atoms with van der Waals surface area (Å²) in [4.78, 5) is 26.2. The third-order valence-electron chi connectivity index (χ3n) is 3.77. The molecule has 0 bridgehead atoms. The van der Waals surface area contributed by atoms with Gasteiger partial charge in [-0.2, -0.15) is 0 Å². The van der Waals surface area contributed by atoms with Crippen molar-refractivity contribution in [2.45, 2.75) is 19.6 Å². The Balaban J connectivity index is 1.57. The van der Waals surface area contributed by atoms with Gasteiger partial charge in [0.1, 0.15) is 11.6 Å². The Morgan fingerprint density at radius 1 is 1.38 bits per heavy atom. The summed E-state index contributed by atoms with van der Waals surface area (Å²) >= 11 is 1.27. The van der Waals surface area contributed by atoms with Crippen molar-refractivity contribution in [2.75, 3.05) is 19.0 Å². The van der Waals surface area contributed by atoms with Gasteiger partial charge in [0, 0.05) is 26.6 Å². The van der Waals surface area contributed by atoms with Gasteiger partial charge in [0.2, 0.25) is 16.9 Å². The second-order valence-electron chi connectivity index (χ2n) is 5.58. The summed E-state index contributed by atoms with van der Waals surface area (Å²) in [5.41, 5.74) is 1.06. The Morgan fingerprint density at radius 3 is 2.92 bits per heavy atom. The molecular formula is C16H18N4O3S. The first-order valence-electron chi connectivity index (χ1n) is 7.59. The Morgan fingerprint density at radius 2 is 2.17 bits per heavy atom. The summed E-state index contributed by atoms with van der Waals surface area (Å²) < 4.78 is 4.97. The van der Waals surface area contributed by atoms with Crippen molar-refractivity contribution in [1.82, 2.24) is 15.1 Å². The standard InChI is InChI=1S/C16H18N4O3S/c1-23-10-13-18-19-16(24-13)17-15(22)12-7-14(21)20(9-12)8-11-5-3-2-4-6-11/h2-6,12H,7-10H2,1H3,(H,17,19,22)/t12-/m1/s1. The molecule has 0 unspecified atom stereocenters. The van der Waals surface area contributed by atoms with Crippen LogP contribution in [0.3, 0.4) is 0 Å². The van der Waals surface area contributed by atoms with Crippen LogP contribution >= 0.6 is 11.3 Å². The van der Waals surface area contributed by atoms with E-state index in [9.17, 15) is 9.59 Å². The van der Waals surface area contributed by atoms with Crippen molar-refractivity contribution >= 4 is 28.3 Å².